The highest BCUT2D eigenvalue weighted by Gasteiger charge is 2.23. The van der Waals surface area contributed by atoms with Crippen LogP contribution in [0.5, 0.6) is 0 Å². The van der Waals surface area contributed by atoms with Gasteiger partial charge in [0.15, 0.2) is 0 Å². The molecular weight excluding hydrogens is 252 g/mol. The van der Waals surface area contributed by atoms with Gasteiger partial charge in [-0.15, -0.1) is 0 Å². The highest BCUT2D eigenvalue weighted by atomic mass is 16.2. The summed E-state index contributed by atoms with van der Waals surface area (Å²) >= 11 is 0. The van der Waals surface area contributed by atoms with E-state index in [1.165, 1.54) is 6.42 Å². The van der Waals surface area contributed by atoms with Crippen LogP contribution in [0.15, 0.2) is 18.2 Å². The molecule has 1 aromatic carbocycles. The smallest absolute Gasteiger partial charge is 0.253 e. The summed E-state index contributed by atoms with van der Waals surface area (Å²) < 4.78 is 0. The number of nitrogens with zero attached hydrogens (tertiary/aromatic N) is 2. The van der Waals surface area contributed by atoms with Crippen LogP contribution < -0.4 is 11.3 Å². The third-order valence-electron chi connectivity index (χ3n) is 4.00. The van der Waals surface area contributed by atoms with E-state index in [9.17, 15) is 4.79 Å². The number of rotatable bonds is 4. The van der Waals surface area contributed by atoms with Crippen LogP contribution in [0.25, 0.3) is 0 Å². The zero-order valence-electron chi connectivity index (χ0n) is 12.5. The number of hydrogen-bond acceptors (Lipinski definition) is 4. The molecule has 1 amide bonds. The first-order chi connectivity index (χ1) is 9.51. The van der Waals surface area contributed by atoms with Gasteiger partial charge in [0.25, 0.3) is 5.91 Å². The molecule has 20 heavy (non-hydrogen) atoms. The van der Waals surface area contributed by atoms with Gasteiger partial charge in [0.05, 0.1) is 5.69 Å². The van der Waals surface area contributed by atoms with Crippen molar-refractivity contribution < 1.29 is 4.79 Å². The second-order valence-electron chi connectivity index (χ2n) is 5.78. The van der Waals surface area contributed by atoms with Crippen LogP contribution in [0.3, 0.4) is 0 Å². The van der Waals surface area contributed by atoms with Gasteiger partial charge in [-0.3, -0.25) is 10.6 Å². The summed E-state index contributed by atoms with van der Waals surface area (Å²) in [7, 11) is 4.01. The Morgan fingerprint density at radius 1 is 1.55 bits per heavy atom. The summed E-state index contributed by atoms with van der Waals surface area (Å²) in [5.74, 6) is 6.07. The molecule has 2 rings (SSSR count). The Bertz CT molecular complexity index is 489. The molecule has 3 N–H and O–H groups in total. The summed E-state index contributed by atoms with van der Waals surface area (Å²) in [4.78, 5) is 16.6. The molecule has 1 heterocycles. The number of anilines is 1. The standard InChI is InChI=1S/C15H24N4O/c1-11-8-13(4-5-14(11)17-16)15(20)19(3)10-12-6-7-18(2)9-12/h4-5,8,12,17H,6-7,9-10,16H2,1-3H3. The summed E-state index contributed by atoms with van der Waals surface area (Å²) in [6, 6.07) is 5.55. The molecule has 5 heteroatoms. The van der Waals surface area contributed by atoms with Gasteiger partial charge in [0, 0.05) is 25.7 Å². The maximum absolute atomic E-state index is 12.4. The first-order valence-electron chi connectivity index (χ1n) is 7.02. The Balaban J connectivity index is 2.01. The van der Waals surface area contributed by atoms with Crippen LogP contribution in [0.4, 0.5) is 5.69 Å². The molecule has 1 unspecified atom stereocenters. The number of nitrogen functional groups attached to an aromatic ring is 1. The SMILES string of the molecule is Cc1cc(C(=O)N(C)CC2CCN(C)C2)ccc1NN. The van der Waals surface area contributed by atoms with E-state index in [2.05, 4.69) is 17.4 Å². The summed E-state index contributed by atoms with van der Waals surface area (Å²) in [6.07, 6.45) is 1.17. The molecule has 5 nitrogen and oxygen atoms in total. The van der Waals surface area contributed by atoms with Gasteiger partial charge in [0.1, 0.15) is 0 Å². The minimum absolute atomic E-state index is 0.0752. The van der Waals surface area contributed by atoms with Crippen molar-refractivity contribution in [1.82, 2.24) is 9.80 Å². The Morgan fingerprint density at radius 2 is 2.30 bits per heavy atom. The largest absolute Gasteiger partial charge is 0.341 e. The van der Waals surface area contributed by atoms with Gasteiger partial charge >= 0.3 is 0 Å². The lowest BCUT2D eigenvalue weighted by Crippen LogP contribution is -2.32. The van der Waals surface area contributed by atoms with Crippen molar-refractivity contribution >= 4 is 11.6 Å². The van der Waals surface area contributed by atoms with Gasteiger partial charge in [-0.25, -0.2) is 0 Å². The zero-order valence-corrected chi connectivity index (χ0v) is 12.5. The van der Waals surface area contributed by atoms with Crippen molar-refractivity contribution in [3.05, 3.63) is 29.3 Å². The van der Waals surface area contributed by atoms with E-state index < -0.39 is 0 Å². The molecule has 1 atom stereocenters. The molecule has 0 spiro atoms. The molecule has 1 saturated heterocycles. The van der Waals surface area contributed by atoms with Crippen molar-refractivity contribution in [3.63, 3.8) is 0 Å². The van der Waals surface area contributed by atoms with E-state index in [1.807, 2.05) is 37.1 Å². The number of aryl methyl sites for hydroxylation is 1. The molecular formula is C15H24N4O. The third kappa shape index (κ3) is 3.29. The lowest BCUT2D eigenvalue weighted by atomic mass is 10.1. The second-order valence-corrected chi connectivity index (χ2v) is 5.78. The van der Waals surface area contributed by atoms with Crippen LogP contribution in [0.1, 0.15) is 22.3 Å². The van der Waals surface area contributed by atoms with E-state index in [1.54, 1.807) is 0 Å². The Morgan fingerprint density at radius 3 is 2.85 bits per heavy atom. The minimum atomic E-state index is 0.0752. The normalized spacial score (nSPS) is 19.1. The average molecular weight is 276 g/mol. The van der Waals surface area contributed by atoms with Crippen molar-refractivity contribution in [2.24, 2.45) is 11.8 Å². The van der Waals surface area contributed by atoms with Crippen LogP contribution in [0.2, 0.25) is 0 Å². The lowest BCUT2D eigenvalue weighted by molar-refractivity contribution is 0.0774. The van der Waals surface area contributed by atoms with Crippen molar-refractivity contribution in [3.8, 4) is 0 Å². The molecule has 0 saturated carbocycles. The Hall–Kier alpha value is -1.59. The molecule has 1 aliphatic rings. The molecule has 110 valence electrons. The van der Waals surface area contributed by atoms with Crippen molar-refractivity contribution in [2.45, 2.75) is 13.3 Å². The van der Waals surface area contributed by atoms with Crippen LogP contribution in [-0.2, 0) is 0 Å². The quantitative estimate of drug-likeness (QED) is 0.643. The molecule has 1 aromatic rings. The fourth-order valence-electron chi connectivity index (χ4n) is 2.82. The monoisotopic (exact) mass is 276 g/mol. The van der Waals surface area contributed by atoms with Crippen LogP contribution >= 0.6 is 0 Å². The fraction of sp³-hybridized carbons (Fsp3) is 0.533. The predicted molar refractivity (Wildman–Crippen MR) is 81.6 cm³/mol. The maximum Gasteiger partial charge on any atom is 0.253 e. The van der Waals surface area contributed by atoms with Crippen LogP contribution in [-0.4, -0.2) is 49.4 Å². The molecule has 0 radical (unpaired) electrons. The van der Waals surface area contributed by atoms with E-state index in [-0.39, 0.29) is 5.91 Å². The predicted octanol–water partition coefficient (Wildman–Crippen LogP) is 1.30. The van der Waals surface area contributed by atoms with Gasteiger partial charge in [0.2, 0.25) is 0 Å². The number of amides is 1. The van der Waals surface area contributed by atoms with Crippen LogP contribution in [0, 0.1) is 12.8 Å². The van der Waals surface area contributed by atoms with Gasteiger partial charge in [-0.2, -0.15) is 0 Å². The molecule has 0 bridgehead atoms. The van der Waals surface area contributed by atoms with E-state index in [0.717, 1.165) is 36.4 Å². The summed E-state index contributed by atoms with van der Waals surface area (Å²) in [6.45, 7) is 4.96. The number of benzene rings is 1. The molecule has 1 fully saturated rings. The second kappa shape index (κ2) is 6.24. The van der Waals surface area contributed by atoms with E-state index >= 15 is 0 Å². The number of hydrazine groups is 1. The number of likely N-dealkylation sites (tertiary alicyclic amines) is 1. The van der Waals surface area contributed by atoms with Crippen molar-refractivity contribution in [1.29, 1.82) is 0 Å². The summed E-state index contributed by atoms with van der Waals surface area (Å²) in [5.41, 5.74) is 5.17. The maximum atomic E-state index is 12.4. The average Bonchev–Trinajstić information content (AvgIpc) is 2.83. The molecule has 1 aliphatic heterocycles. The number of hydrogen-bond donors (Lipinski definition) is 2. The lowest BCUT2D eigenvalue weighted by Gasteiger charge is -2.21. The fourth-order valence-corrected chi connectivity index (χ4v) is 2.82. The molecule has 0 aromatic heterocycles. The molecule has 0 aliphatic carbocycles. The van der Waals surface area contributed by atoms with E-state index in [0.29, 0.717) is 5.92 Å². The van der Waals surface area contributed by atoms with Gasteiger partial charge < -0.3 is 15.2 Å². The zero-order chi connectivity index (χ0) is 14.7. The number of nitrogens with two attached hydrogens (primary N) is 1. The number of carbonyl (C=O) groups excluding carboxylic acids is 1. The first kappa shape index (κ1) is 14.8. The van der Waals surface area contributed by atoms with Crippen molar-refractivity contribution in [2.75, 3.05) is 39.2 Å². The van der Waals surface area contributed by atoms with E-state index in [4.69, 9.17) is 5.84 Å². The highest BCUT2D eigenvalue weighted by Crippen LogP contribution is 2.19. The van der Waals surface area contributed by atoms with Gasteiger partial charge in [-0.05, 0) is 56.6 Å². The number of carbonyl (C=O) groups is 1. The first-order valence-corrected chi connectivity index (χ1v) is 7.02. The van der Waals surface area contributed by atoms with Gasteiger partial charge in [-0.1, -0.05) is 0 Å². The highest BCUT2D eigenvalue weighted by molar-refractivity contribution is 5.94. The Kier molecular flexibility index (Phi) is 4.62. The minimum Gasteiger partial charge on any atom is -0.341 e. The number of nitrogens with one attached hydrogen (secondary N) is 1. The topological polar surface area (TPSA) is 61.6 Å². The summed E-state index contributed by atoms with van der Waals surface area (Å²) in [5, 5.41) is 0. The Labute approximate surface area is 120 Å². The third-order valence-corrected chi connectivity index (χ3v) is 4.00.